The first-order valence-electron chi connectivity index (χ1n) is 10.1. The highest BCUT2D eigenvalue weighted by Gasteiger charge is 2.34. The van der Waals surface area contributed by atoms with Gasteiger partial charge >= 0.3 is 0 Å². The maximum absolute atomic E-state index is 13.3. The van der Waals surface area contributed by atoms with E-state index in [2.05, 4.69) is 42.0 Å². The van der Waals surface area contributed by atoms with Crippen molar-refractivity contribution in [2.24, 2.45) is 0 Å². The largest absolute Gasteiger partial charge is 0.432 e. The Morgan fingerprint density at radius 2 is 1.84 bits per heavy atom. The molecule has 0 amide bonds. The van der Waals surface area contributed by atoms with E-state index >= 15 is 0 Å². The van der Waals surface area contributed by atoms with Gasteiger partial charge in [0, 0.05) is 28.2 Å². The molecule has 1 N–H and O–H groups in total. The Balaban J connectivity index is 1.58. The molecule has 3 aromatic carbocycles. The molecule has 5 rings (SSSR count). The first kappa shape index (κ1) is 20.1. The molecule has 0 aliphatic carbocycles. The molecule has 1 aliphatic rings. The van der Waals surface area contributed by atoms with Crippen LogP contribution in [0.3, 0.4) is 0 Å². The summed E-state index contributed by atoms with van der Waals surface area (Å²) in [5, 5.41) is 2.22. The van der Waals surface area contributed by atoms with Gasteiger partial charge in [-0.3, -0.25) is 0 Å². The maximum atomic E-state index is 13.3. The van der Waals surface area contributed by atoms with Gasteiger partial charge in [-0.25, -0.2) is 4.39 Å². The van der Waals surface area contributed by atoms with Crippen molar-refractivity contribution < 1.29 is 9.13 Å². The van der Waals surface area contributed by atoms with E-state index in [1.54, 1.807) is 12.1 Å². The Morgan fingerprint density at radius 3 is 2.58 bits per heavy atom. The normalized spacial score (nSPS) is 15.7. The Bertz CT molecular complexity index is 1270. The molecule has 0 spiro atoms. The fourth-order valence-electron chi connectivity index (χ4n) is 4.21. The number of fused-ring (bicyclic) bond motifs is 3. The molecular formula is C24H19BClFN2OS. The average Bonchev–Trinajstić information content (AvgIpc) is 3.13. The third kappa shape index (κ3) is 3.82. The number of hydrogen-bond donors (Lipinski definition) is 1. The molecule has 154 valence electrons. The van der Waals surface area contributed by atoms with E-state index in [0.717, 1.165) is 33.6 Å². The van der Waals surface area contributed by atoms with E-state index in [1.165, 1.54) is 23.2 Å². The predicted octanol–water partition coefficient (Wildman–Crippen LogP) is 4.53. The Hall–Kier alpha value is -2.83. The van der Waals surface area contributed by atoms with Gasteiger partial charge < -0.3 is 14.6 Å². The molecule has 4 aromatic rings. The van der Waals surface area contributed by atoms with Crippen LogP contribution in [-0.4, -0.2) is 29.4 Å². The van der Waals surface area contributed by atoms with Crippen molar-refractivity contribution >= 4 is 53.2 Å². The summed E-state index contributed by atoms with van der Waals surface area (Å²) in [4.78, 5) is 5.68. The first-order chi connectivity index (χ1) is 15.0. The monoisotopic (exact) mass is 448 g/mol. The first-order valence-corrected chi connectivity index (χ1v) is 10.9. The number of benzene rings is 3. The van der Waals surface area contributed by atoms with Crippen LogP contribution in [0.15, 0.2) is 66.7 Å². The van der Waals surface area contributed by atoms with Gasteiger partial charge in [-0.1, -0.05) is 41.3 Å². The molecular weight excluding hydrogens is 430 g/mol. The molecule has 0 bridgehead atoms. The van der Waals surface area contributed by atoms with Crippen LogP contribution in [0.5, 0.6) is 5.75 Å². The highest BCUT2D eigenvalue weighted by atomic mass is 35.5. The summed E-state index contributed by atoms with van der Waals surface area (Å²) in [6.07, 6.45) is 0.810. The zero-order valence-electron chi connectivity index (χ0n) is 16.9. The van der Waals surface area contributed by atoms with Crippen LogP contribution in [0.1, 0.15) is 22.9 Å². The molecule has 1 aromatic heterocycles. The molecule has 0 fully saturated rings. The van der Waals surface area contributed by atoms with Crippen molar-refractivity contribution in [1.29, 1.82) is 0 Å². The summed E-state index contributed by atoms with van der Waals surface area (Å²) in [6.45, 7) is 0.699. The van der Waals surface area contributed by atoms with Gasteiger partial charge in [0.1, 0.15) is 19.4 Å². The lowest BCUT2D eigenvalue weighted by molar-refractivity contribution is 0.289. The summed E-state index contributed by atoms with van der Waals surface area (Å²) >= 11 is 12.0. The van der Waals surface area contributed by atoms with Gasteiger partial charge in [-0.15, -0.1) is 0 Å². The minimum Gasteiger partial charge on any atom is -0.432 e. The summed E-state index contributed by atoms with van der Waals surface area (Å²) < 4.78 is 19.2. The fourth-order valence-corrected chi connectivity index (χ4v) is 4.68. The highest BCUT2D eigenvalue weighted by Crippen LogP contribution is 2.39. The van der Waals surface area contributed by atoms with E-state index in [1.807, 2.05) is 18.2 Å². The molecule has 31 heavy (non-hydrogen) atoms. The standard InChI is InChI=1S/C24H19BClFN2OS/c25-15-3-1-14(2-4-15)23-22-19(20-13-16(26)5-10-21(20)28-22)11-12-29(23)24(31)30-18-8-6-17(27)7-9-18/h1-10,13,23,28H,11-12,25H2. The van der Waals surface area contributed by atoms with E-state index in [-0.39, 0.29) is 11.9 Å². The summed E-state index contributed by atoms with van der Waals surface area (Å²) in [6, 6.07) is 20.2. The van der Waals surface area contributed by atoms with Gasteiger partial charge in [0.05, 0.1) is 6.04 Å². The number of aromatic amines is 1. The van der Waals surface area contributed by atoms with Gasteiger partial charge in [0.25, 0.3) is 5.17 Å². The van der Waals surface area contributed by atoms with Crippen molar-refractivity contribution in [2.45, 2.75) is 12.5 Å². The summed E-state index contributed by atoms with van der Waals surface area (Å²) in [5.74, 6) is 0.207. The van der Waals surface area contributed by atoms with Gasteiger partial charge in [0.2, 0.25) is 0 Å². The second kappa shape index (κ2) is 8.02. The number of nitrogens with one attached hydrogen (secondary N) is 1. The zero-order chi connectivity index (χ0) is 21.5. The molecule has 3 nitrogen and oxygen atoms in total. The number of halogens is 2. The number of thiocarbonyl (C=S) groups is 1. The summed E-state index contributed by atoms with van der Waals surface area (Å²) in [5.41, 5.74) is 5.72. The summed E-state index contributed by atoms with van der Waals surface area (Å²) in [7, 11) is 2.07. The Morgan fingerprint density at radius 1 is 1.10 bits per heavy atom. The molecule has 1 atom stereocenters. The van der Waals surface area contributed by atoms with Crippen LogP contribution in [0.2, 0.25) is 5.02 Å². The van der Waals surface area contributed by atoms with Crippen LogP contribution < -0.4 is 10.2 Å². The van der Waals surface area contributed by atoms with Gasteiger partial charge in [0.15, 0.2) is 0 Å². The molecule has 1 aliphatic heterocycles. The number of nitrogens with zero attached hydrogens (tertiary/aromatic N) is 1. The lowest BCUT2D eigenvalue weighted by Crippen LogP contribution is -2.42. The molecule has 7 heteroatoms. The van der Waals surface area contributed by atoms with E-state index in [4.69, 9.17) is 28.6 Å². The number of hydrogen-bond acceptors (Lipinski definition) is 2. The Kier molecular flexibility index (Phi) is 5.20. The van der Waals surface area contributed by atoms with Crippen molar-refractivity contribution in [2.75, 3.05) is 6.54 Å². The molecule has 0 saturated carbocycles. The highest BCUT2D eigenvalue weighted by molar-refractivity contribution is 7.80. The average molecular weight is 449 g/mol. The van der Waals surface area contributed by atoms with Crippen molar-refractivity contribution in [3.63, 3.8) is 0 Å². The second-order valence-electron chi connectivity index (χ2n) is 7.79. The van der Waals surface area contributed by atoms with Crippen molar-refractivity contribution in [3.8, 4) is 5.75 Å². The fraction of sp³-hybridized carbons (Fsp3) is 0.125. The quantitative estimate of drug-likeness (QED) is 0.361. The third-order valence-electron chi connectivity index (χ3n) is 5.74. The van der Waals surface area contributed by atoms with Crippen molar-refractivity contribution in [1.82, 2.24) is 9.88 Å². The third-order valence-corrected chi connectivity index (χ3v) is 6.29. The number of rotatable bonds is 2. The molecule has 2 heterocycles. The SMILES string of the molecule is Bc1ccc(C2c3[nH]c4ccc(Cl)cc4c3CCN2C(=S)Oc2ccc(F)cc2)cc1. The minimum absolute atomic E-state index is 0.122. The molecule has 0 saturated heterocycles. The number of H-pyrrole nitrogens is 1. The van der Waals surface area contributed by atoms with Crippen LogP contribution >= 0.6 is 23.8 Å². The predicted molar refractivity (Wildman–Crippen MR) is 130 cm³/mol. The van der Waals surface area contributed by atoms with E-state index in [0.29, 0.717) is 17.5 Å². The topological polar surface area (TPSA) is 28.3 Å². The minimum atomic E-state index is -0.310. The molecule has 1 unspecified atom stereocenters. The molecule has 0 radical (unpaired) electrons. The van der Waals surface area contributed by atoms with Crippen LogP contribution in [0.25, 0.3) is 10.9 Å². The zero-order valence-corrected chi connectivity index (χ0v) is 18.4. The van der Waals surface area contributed by atoms with Crippen LogP contribution in [0, 0.1) is 5.82 Å². The van der Waals surface area contributed by atoms with Crippen LogP contribution in [-0.2, 0) is 6.42 Å². The van der Waals surface area contributed by atoms with Crippen LogP contribution in [0.4, 0.5) is 4.39 Å². The second-order valence-corrected chi connectivity index (χ2v) is 8.57. The van der Waals surface area contributed by atoms with E-state index < -0.39 is 0 Å². The Labute approximate surface area is 191 Å². The van der Waals surface area contributed by atoms with Crippen molar-refractivity contribution in [3.05, 3.63) is 94.4 Å². The van der Waals surface area contributed by atoms with Gasteiger partial charge in [-0.2, -0.15) is 0 Å². The van der Waals surface area contributed by atoms with Gasteiger partial charge in [-0.05, 0) is 72.2 Å². The smallest absolute Gasteiger partial charge is 0.265 e. The maximum Gasteiger partial charge on any atom is 0.265 e. The van der Waals surface area contributed by atoms with E-state index in [9.17, 15) is 4.39 Å². The lowest BCUT2D eigenvalue weighted by atomic mass is 9.89. The number of ether oxygens (including phenoxy) is 1. The lowest BCUT2D eigenvalue weighted by Gasteiger charge is -2.37. The number of aromatic nitrogens is 1.